The van der Waals surface area contributed by atoms with Crippen molar-refractivity contribution >= 4 is 38.4 Å². The number of imidazole rings is 1. The quantitative estimate of drug-likeness (QED) is 0.323. The predicted octanol–water partition coefficient (Wildman–Crippen LogP) is 3.69. The van der Waals surface area contributed by atoms with E-state index in [-0.39, 0.29) is 17.3 Å². The van der Waals surface area contributed by atoms with Crippen LogP contribution in [-0.4, -0.2) is 29.6 Å². The lowest BCUT2D eigenvalue weighted by atomic mass is 10.1. The number of carbonyl (C=O) groups is 1. The molecular weight excluding hydrogens is 438 g/mol. The number of anilines is 1. The van der Waals surface area contributed by atoms with Gasteiger partial charge in [-0.2, -0.15) is 5.10 Å². The van der Waals surface area contributed by atoms with Crippen molar-refractivity contribution < 1.29 is 13.2 Å². The minimum absolute atomic E-state index is 0.0943. The number of hydrogen-bond donors (Lipinski definition) is 2. The number of para-hydroxylation sites is 2. The maximum Gasteiger partial charge on any atom is 0.261 e. The van der Waals surface area contributed by atoms with E-state index in [0.29, 0.717) is 11.4 Å². The molecule has 0 bridgehead atoms. The Morgan fingerprint density at radius 1 is 1.00 bits per heavy atom. The second-order valence-electron chi connectivity index (χ2n) is 7.59. The fourth-order valence-electron chi connectivity index (χ4n) is 3.25. The highest BCUT2D eigenvalue weighted by Crippen LogP contribution is 2.17. The van der Waals surface area contributed by atoms with Crippen LogP contribution in [0.3, 0.4) is 0 Å². The van der Waals surface area contributed by atoms with Gasteiger partial charge in [-0.3, -0.25) is 9.52 Å². The number of hydrazone groups is 1. The fourth-order valence-corrected chi connectivity index (χ4v) is 4.31. The van der Waals surface area contributed by atoms with Crippen molar-refractivity contribution in [2.45, 2.75) is 25.3 Å². The molecule has 0 aliphatic rings. The highest BCUT2D eigenvalue weighted by Gasteiger charge is 2.14. The maximum absolute atomic E-state index is 12.5. The standard InChI is InChI=1S/C24H23N5O3S/c1-17-7-13-21(14-8-17)33(31,32)28-20-11-9-19(10-12-20)18(2)26-27-24(30)15-29-16-25-22-5-3-4-6-23(22)29/h3-14,16,28H,15H2,1-2H3,(H,27,30)/b26-18+. The molecule has 2 N–H and O–H groups in total. The zero-order valence-corrected chi connectivity index (χ0v) is 19.0. The van der Waals surface area contributed by atoms with Crippen molar-refractivity contribution in [3.05, 3.63) is 90.3 Å². The van der Waals surface area contributed by atoms with Crippen molar-refractivity contribution in [1.82, 2.24) is 15.0 Å². The summed E-state index contributed by atoms with van der Waals surface area (Å²) >= 11 is 0. The van der Waals surface area contributed by atoms with E-state index >= 15 is 0 Å². The number of aromatic nitrogens is 2. The van der Waals surface area contributed by atoms with Crippen molar-refractivity contribution in [3.63, 3.8) is 0 Å². The van der Waals surface area contributed by atoms with Crippen LogP contribution >= 0.6 is 0 Å². The van der Waals surface area contributed by atoms with Gasteiger partial charge < -0.3 is 4.57 Å². The molecule has 0 atom stereocenters. The molecule has 1 heterocycles. The summed E-state index contributed by atoms with van der Waals surface area (Å²) in [4.78, 5) is 16.8. The lowest BCUT2D eigenvalue weighted by Gasteiger charge is -2.09. The van der Waals surface area contributed by atoms with Gasteiger partial charge in [0, 0.05) is 5.69 Å². The van der Waals surface area contributed by atoms with E-state index < -0.39 is 10.0 Å². The molecule has 8 nitrogen and oxygen atoms in total. The molecule has 0 saturated carbocycles. The van der Waals surface area contributed by atoms with Gasteiger partial charge in [0.15, 0.2) is 0 Å². The van der Waals surface area contributed by atoms with Gasteiger partial charge >= 0.3 is 0 Å². The van der Waals surface area contributed by atoms with Gasteiger partial charge in [0.2, 0.25) is 0 Å². The number of fused-ring (bicyclic) bond motifs is 1. The van der Waals surface area contributed by atoms with Crippen molar-refractivity contribution in [2.75, 3.05) is 4.72 Å². The Balaban J connectivity index is 1.38. The molecule has 0 aliphatic heterocycles. The van der Waals surface area contributed by atoms with Gasteiger partial charge in [-0.1, -0.05) is 42.0 Å². The summed E-state index contributed by atoms with van der Waals surface area (Å²) in [5.74, 6) is -0.278. The number of rotatable bonds is 7. The topological polar surface area (TPSA) is 105 Å². The van der Waals surface area contributed by atoms with Crippen LogP contribution in [0, 0.1) is 6.92 Å². The SMILES string of the molecule is C/C(=N\NC(=O)Cn1cnc2ccccc21)c1ccc(NS(=O)(=O)c2ccc(C)cc2)cc1. The predicted molar refractivity (Wildman–Crippen MR) is 129 cm³/mol. The molecule has 0 radical (unpaired) electrons. The van der Waals surface area contributed by atoms with Crippen LogP contribution < -0.4 is 10.1 Å². The third-order valence-electron chi connectivity index (χ3n) is 5.08. The summed E-state index contributed by atoms with van der Waals surface area (Å²) in [6.07, 6.45) is 1.62. The van der Waals surface area contributed by atoms with E-state index in [1.165, 1.54) is 0 Å². The molecule has 168 valence electrons. The first-order valence-electron chi connectivity index (χ1n) is 10.2. The normalized spacial score (nSPS) is 12.0. The second kappa shape index (κ2) is 9.25. The Kier molecular flexibility index (Phi) is 6.23. The van der Waals surface area contributed by atoms with Crippen LogP contribution in [0.4, 0.5) is 5.69 Å². The number of amides is 1. The summed E-state index contributed by atoms with van der Waals surface area (Å²) in [6, 6.07) is 21.0. The molecule has 4 rings (SSSR count). The summed E-state index contributed by atoms with van der Waals surface area (Å²) in [7, 11) is -3.67. The Labute approximate surface area is 192 Å². The van der Waals surface area contributed by atoms with Crippen LogP contribution in [0.2, 0.25) is 0 Å². The molecule has 4 aromatic rings. The highest BCUT2D eigenvalue weighted by molar-refractivity contribution is 7.92. The smallest absolute Gasteiger partial charge is 0.261 e. The van der Waals surface area contributed by atoms with E-state index in [0.717, 1.165) is 22.2 Å². The lowest BCUT2D eigenvalue weighted by Crippen LogP contribution is -2.24. The zero-order valence-electron chi connectivity index (χ0n) is 18.2. The van der Waals surface area contributed by atoms with Crippen LogP contribution in [0.25, 0.3) is 11.0 Å². The number of benzene rings is 3. The molecule has 1 amide bonds. The molecule has 0 aliphatic carbocycles. The molecule has 0 unspecified atom stereocenters. The average molecular weight is 462 g/mol. The molecule has 1 aromatic heterocycles. The van der Waals surface area contributed by atoms with Crippen LogP contribution in [-0.2, 0) is 21.4 Å². The fraction of sp³-hybridized carbons (Fsp3) is 0.125. The van der Waals surface area contributed by atoms with Gasteiger partial charge in [-0.05, 0) is 55.8 Å². The first kappa shape index (κ1) is 22.2. The third-order valence-corrected chi connectivity index (χ3v) is 6.47. The van der Waals surface area contributed by atoms with Gasteiger partial charge in [-0.25, -0.2) is 18.8 Å². The summed E-state index contributed by atoms with van der Waals surface area (Å²) in [5, 5.41) is 4.16. The summed E-state index contributed by atoms with van der Waals surface area (Å²) < 4.78 is 29.4. The average Bonchev–Trinajstić information content (AvgIpc) is 3.21. The van der Waals surface area contributed by atoms with E-state index in [1.54, 1.807) is 66.3 Å². The third kappa shape index (κ3) is 5.27. The Morgan fingerprint density at radius 3 is 2.42 bits per heavy atom. The number of sulfonamides is 1. The lowest BCUT2D eigenvalue weighted by molar-refractivity contribution is -0.121. The number of nitrogens with zero attached hydrogens (tertiary/aromatic N) is 3. The molecule has 0 saturated heterocycles. The number of hydrogen-bond acceptors (Lipinski definition) is 5. The van der Waals surface area contributed by atoms with Gasteiger partial charge in [-0.15, -0.1) is 0 Å². The van der Waals surface area contributed by atoms with Crippen molar-refractivity contribution in [2.24, 2.45) is 5.10 Å². The van der Waals surface area contributed by atoms with Crippen LogP contribution in [0.15, 0.2) is 89.1 Å². The van der Waals surface area contributed by atoms with Crippen molar-refractivity contribution in [1.29, 1.82) is 0 Å². The Hall–Kier alpha value is -3.98. The minimum atomic E-state index is -3.67. The Bertz CT molecular complexity index is 1420. The van der Waals surface area contributed by atoms with Gasteiger partial charge in [0.25, 0.3) is 15.9 Å². The second-order valence-corrected chi connectivity index (χ2v) is 9.27. The van der Waals surface area contributed by atoms with E-state index in [1.807, 2.05) is 31.2 Å². The van der Waals surface area contributed by atoms with Crippen LogP contribution in [0.1, 0.15) is 18.1 Å². The number of aryl methyl sites for hydroxylation is 1. The summed E-state index contributed by atoms with van der Waals surface area (Å²) in [6.45, 7) is 3.75. The molecule has 0 spiro atoms. The Morgan fingerprint density at radius 2 is 1.70 bits per heavy atom. The maximum atomic E-state index is 12.5. The first-order valence-corrected chi connectivity index (χ1v) is 11.7. The van der Waals surface area contributed by atoms with Crippen LogP contribution in [0.5, 0.6) is 0 Å². The van der Waals surface area contributed by atoms with Crippen molar-refractivity contribution in [3.8, 4) is 0 Å². The van der Waals surface area contributed by atoms with Gasteiger partial charge in [0.1, 0.15) is 6.54 Å². The molecule has 0 fully saturated rings. The zero-order chi connectivity index (χ0) is 23.4. The number of carbonyl (C=O) groups excluding carboxylic acids is 1. The summed E-state index contributed by atoms with van der Waals surface area (Å²) in [5.41, 5.74) is 7.01. The monoisotopic (exact) mass is 461 g/mol. The van der Waals surface area contributed by atoms with E-state index in [4.69, 9.17) is 0 Å². The molecule has 3 aromatic carbocycles. The molecule has 9 heteroatoms. The first-order chi connectivity index (χ1) is 15.8. The molecular formula is C24H23N5O3S. The molecule has 33 heavy (non-hydrogen) atoms. The minimum Gasteiger partial charge on any atom is -0.321 e. The van der Waals surface area contributed by atoms with Gasteiger partial charge in [0.05, 0.1) is 28.0 Å². The highest BCUT2D eigenvalue weighted by atomic mass is 32.2. The van der Waals surface area contributed by atoms with E-state index in [2.05, 4.69) is 20.2 Å². The largest absolute Gasteiger partial charge is 0.321 e. The van der Waals surface area contributed by atoms with E-state index in [9.17, 15) is 13.2 Å². The number of nitrogens with one attached hydrogen (secondary N) is 2.